The van der Waals surface area contributed by atoms with Crippen LogP contribution in [0.15, 0.2) is 18.2 Å². The molecule has 0 saturated heterocycles. The molecule has 1 unspecified atom stereocenters. The van der Waals surface area contributed by atoms with E-state index in [2.05, 4.69) is 23.3 Å². The van der Waals surface area contributed by atoms with Crippen LogP contribution in [-0.2, 0) is 9.59 Å². The largest absolute Gasteiger partial charge is 0.344 e. The summed E-state index contributed by atoms with van der Waals surface area (Å²) >= 11 is 3.98. The normalized spacial score (nSPS) is 11.6. The van der Waals surface area contributed by atoms with Crippen molar-refractivity contribution in [3.8, 4) is 0 Å². The number of thiol groups is 1. The van der Waals surface area contributed by atoms with Crippen molar-refractivity contribution in [3.05, 3.63) is 33.9 Å². The van der Waals surface area contributed by atoms with Gasteiger partial charge in [0.15, 0.2) is 0 Å². The number of aryl methyl sites for hydroxylation is 1. The summed E-state index contributed by atoms with van der Waals surface area (Å²) in [7, 11) is 0. The van der Waals surface area contributed by atoms with Crippen LogP contribution in [0.2, 0.25) is 0 Å². The van der Waals surface area contributed by atoms with E-state index in [-0.39, 0.29) is 17.3 Å². The third-order valence-corrected chi connectivity index (χ3v) is 2.92. The molecule has 1 rings (SSSR count). The monoisotopic (exact) mass is 297 g/mol. The molecule has 2 N–H and O–H groups in total. The number of nitrogens with zero attached hydrogens (tertiary/aromatic N) is 1. The zero-order valence-corrected chi connectivity index (χ0v) is 11.9. The van der Waals surface area contributed by atoms with Crippen LogP contribution in [0.4, 0.5) is 11.4 Å². The van der Waals surface area contributed by atoms with Gasteiger partial charge in [0.1, 0.15) is 6.04 Å². The summed E-state index contributed by atoms with van der Waals surface area (Å²) in [5.74, 6) is -0.707. The average molecular weight is 297 g/mol. The number of carbonyl (C=O) groups excluding carboxylic acids is 2. The number of benzene rings is 1. The van der Waals surface area contributed by atoms with E-state index in [0.717, 1.165) is 0 Å². The lowest BCUT2D eigenvalue weighted by Crippen LogP contribution is -2.44. The zero-order chi connectivity index (χ0) is 15.3. The van der Waals surface area contributed by atoms with Crippen LogP contribution in [-0.4, -0.2) is 28.5 Å². The molecular weight excluding hydrogens is 282 g/mol. The Labute approximate surface area is 121 Å². The highest BCUT2D eigenvalue weighted by Gasteiger charge is 2.19. The summed E-state index contributed by atoms with van der Waals surface area (Å²) in [4.78, 5) is 33.1. The van der Waals surface area contributed by atoms with Crippen LogP contribution < -0.4 is 10.6 Å². The van der Waals surface area contributed by atoms with Crippen LogP contribution >= 0.6 is 12.6 Å². The first-order chi connectivity index (χ1) is 9.35. The highest BCUT2D eigenvalue weighted by Crippen LogP contribution is 2.22. The average Bonchev–Trinajstić information content (AvgIpc) is 2.37. The summed E-state index contributed by atoms with van der Waals surface area (Å²) in [6.45, 7) is 2.90. The van der Waals surface area contributed by atoms with Gasteiger partial charge in [-0.2, -0.15) is 12.6 Å². The Morgan fingerprint density at radius 1 is 1.45 bits per heavy atom. The summed E-state index contributed by atoms with van der Waals surface area (Å²) in [5.41, 5.74) is 0.717. The molecule has 108 valence electrons. The van der Waals surface area contributed by atoms with E-state index in [9.17, 15) is 19.7 Å². The summed E-state index contributed by atoms with van der Waals surface area (Å²) in [6, 6.07) is 3.58. The first kappa shape index (κ1) is 16.0. The van der Waals surface area contributed by atoms with Crippen molar-refractivity contribution in [1.82, 2.24) is 5.32 Å². The van der Waals surface area contributed by atoms with Crippen LogP contribution in [0.3, 0.4) is 0 Å². The molecule has 0 fully saturated rings. The molecule has 0 spiro atoms. The standard InChI is InChI=1S/C12H15N3O4S/c1-7-3-4-9(5-11(7)15(18)19)14-12(17)10(6-20)13-8(2)16/h3-5,10,20H,6H2,1-2H3,(H,13,16)(H,14,17). The first-order valence-electron chi connectivity index (χ1n) is 5.79. The van der Waals surface area contributed by atoms with Gasteiger partial charge in [-0.15, -0.1) is 0 Å². The Morgan fingerprint density at radius 3 is 2.60 bits per heavy atom. The maximum atomic E-state index is 11.9. The minimum Gasteiger partial charge on any atom is -0.344 e. The van der Waals surface area contributed by atoms with Gasteiger partial charge in [-0.3, -0.25) is 19.7 Å². The Balaban J connectivity index is 2.87. The molecule has 1 atom stereocenters. The molecule has 0 aliphatic carbocycles. The maximum Gasteiger partial charge on any atom is 0.274 e. The fourth-order valence-electron chi connectivity index (χ4n) is 1.55. The highest BCUT2D eigenvalue weighted by atomic mass is 32.1. The third-order valence-electron chi connectivity index (χ3n) is 2.55. The van der Waals surface area contributed by atoms with E-state index in [0.29, 0.717) is 11.3 Å². The van der Waals surface area contributed by atoms with Gasteiger partial charge in [-0.25, -0.2) is 0 Å². The molecule has 0 saturated carbocycles. The van der Waals surface area contributed by atoms with Gasteiger partial charge in [0.25, 0.3) is 5.69 Å². The minimum absolute atomic E-state index is 0.0789. The predicted molar refractivity (Wildman–Crippen MR) is 77.9 cm³/mol. The molecular formula is C12H15N3O4S. The number of carbonyl (C=O) groups is 2. The van der Waals surface area contributed by atoms with E-state index < -0.39 is 16.9 Å². The molecule has 0 radical (unpaired) electrons. The van der Waals surface area contributed by atoms with Gasteiger partial charge in [-0.1, -0.05) is 6.07 Å². The zero-order valence-electron chi connectivity index (χ0n) is 11.0. The van der Waals surface area contributed by atoms with E-state index in [1.54, 1.807) is 19.1 Å². The van der Waals surface area contributed by atoms with Crippen molar-refractivity contribution in [2.24, 2.45) is 0 Å². The minimum atomic E-state index is -0.795. The SMILES string of the molecule is CC(=O)NC(CS)C(=O)Nc1ccc(C)c([N+](=O)[O-])c1. The van der Waals surface area contributed by atoms with Crippen LogP contribution in [0.5, 0.6) is 0 Å². The molecule has 1 aromatic carbocycles. The molecule has 1 aromatic rings. The lowest BCUT2D eigenvalue weighted by atomic mass is 10.2. The summed E-state index contributed by atoms with van der Waals surface area (Å²) in [5, 5.41) is 15.8. The second kappa shape index (κ2) is 6.90. The molecule has 0 aliphatic heterocycles. The number of nitro groups is 1. The van der Waals surface area contributed by atoms with E-state index in [1.807, 2.05) is 0 Å². The molecule has 2 amide bonds. The maximum absolute atomic E-state index is 11.9. The van der Waals surface area contributed by atoms with Crippen molar-refractivity contribution in [1.29, 1.82) is 0 Å². The Morgan fingerprint density at radius 2 is 2.10 bits per heavy atom. The molecule has 7 nitrogen and oxygen atoms in total. The van der Waals surface area contributed by atoms with Crippen molar-refractivity contribution in [2.75, 3.05) is 11.1 Å². The van der Waals surface area contributed by atoms with E-state index in [1.165, 1.54) is 13.0 Å². The molecule has 8 heteroatoms. The summed E-state index contributed by atoms with van der Waals surface area (Å²) in [6.07, 6.45) is 0. The Bertz CT molecular complexity index is 548. The van der Waals surface area contributed by atoms with E-state index >= 15 is 0 Å². The highest BCUT2D eigenvalue weighted by molar-refractivity contribution is 7.80. The van der Waals surface area contributed by atoms with Gasteiger partial charge in [0, 0.05) is 30.0 Å². The lowest BCUT2D eigenvalue weighted by Gasteiger charge is -2.15. The predicted octanol–water partition coefficient (Wildman–Crippen LogP) is 1.28. The second-order valence-corrected chi connectivity index (χ2v) is 4.55. The number of nitrogens with one attached hydrogen (secondary N) is 2. The van der Waals surface area contributed by atoms with Gasteiger partial charge >= 0.3 is 0 Å². The number of amides is 2. The number of hydrogen-bond acceptors (Lipinski definition) is 5. The fourth-order valence-corrected chi connectivity index (χ4v) is 1.81. The van der Waals surface area contributed by atoms with Crippen molar-refractivity contribution in [3.63, 3.8) is 0 Å². The summed E-state index contributed by atoms with van der Waals surface area (Å²) < 4.78 is 0. The Kier molecular flexibility index (Phi) is 5.51. The number of anilines is 1. The smallest absolute Gasteiger partial charge is 0.274 e. The molecule has 0 aliphatic rings. The molecule has 20 heavy (non-hydrogen) atoms. The topological polar surface area (TPSA) is 101 Å². The molecule has 0 heterocycles. The first-order valence-corrected chi connectivity index (χ1v) is 6.42. The quantitative estimate of drug-likeness (QED) is 0.433. The van der Waals surface area contributed by atoms with Crippen LogP contribution in [0, 0.1) is 17.0 Å². The van der Waals surface area contributed by atoms with Gasteiger partial charge < -0.3 is 10.6 Å². The number of rotatable bonds is 5. The van der Waals surface area contributed by atoms with Crippen molar-refractivity contribution < 1.29 is 14.5 Å². The second-order valence-electron chi connectivity index (χ2n) is 4.18. The Hall–Kier alpha value is -2.09. The van der Waals surface area contributed by atoms with Gasteiger partial charge in [-0.05, 0) is 13.0 Å². The van der Waals surface area contributed by atoms with E-state index in [4.69, 9.17) is 0 Å². The number of nitro benzene ring substituents is 1. The molecule has 0 aromatic heterocycles. The van der Waals surface area contributed by atoms with Crippen LogP contribution in [0.25, 0.3) is 0 Å². The fraction of sp³-hybridized carbons (Fsp3) is 0.333. The van der Waals surface area contributed by atoms with Crippen molar-refractivity contribution in [2.45, 2.75) is 19.9 Å². The number of hydrogen-bond donors (Lipinski definition) is 3. The molecule has 0 bridgehead atoms. The third kappa shape index (κ3) is 4.23. The van der Waals surface area contributed by atoms with Gasteiger partial charge in [0.05, 0.1) is 4.92 Å². The van der Waals surface area contributed by atoms with Gasteiger partial charge in [0.2, 0.25) is 11.8 Å². The van der Waals surface area contributed by atoms with Crippen molar-refractivity contribution >= 4 is 35.8 Å². The lowest BCUT2D eigenvalue weighted by molar-refractivity contribution is -0.385. The van der Waals surface area contributed by atoms with Crippen LogP contribution in [0.1, 0.15) is 12.5 Å².